The molecular weight excluding hydrogens is 388 g/mol. The molecule has 3 aromatic rings. The highest BCUT2D eigenvalue weighted by Gasteiger charge is 2.16. The molecule has 1 atom stereocenters. The second-order valence-electron chi connectivity index (χ2n) is 5.34. The number of carbonyl (C=O) groups excluding carboxylic acids is 1. The van der Waals surface area contributed by atoms with Gasteiger partial charge in [0.05, 0.1) is 10.9 Å². The quantitative estimate of drug-likeness (QED) is 0.661. The van der Waals surface area contributed by atoms with Gasteiger partial charge in [-0.15, -0.1) is 0 Å². The SMILES string of the molecule is C[C@H](OC(=O)COc1ccc(Br)cc1)c1nc2ccccc2c(=O)[nH]1. The van der Waals surface area contributed by atoms with Crippen LogP contribution in [-0.2, 0) is 9.53 Å². The molecule has 25 heavy (non-hydrogen) atoms. The van der Waals surface area contributed by atoms with Crippen LogP contribution in [0.4, 0.5) is 0 Å². The lowest BCUT2D eigenvalue weighted by atomic mass is 10.2. The summed E-state index contributed by atoms with van der Waals surface area (Å²) in [6.07, 6.45) is -0.696. The zero-order chi connectivity index (χ0) is 17.8. The number of hydrogen-bond donors (Lipinski definition) is 1. The molecule has 0 aliphatic carbocycles. The van der Waals surface area contributed by atoms with Crippen molar-refractivity contribution in [2.24, 2.45) is 0 Å². The molecule has 128 valence electrons. The summed E-state index contributed by atoms with van der Waals surface area (Å²) in [5.41, 5.74) is 0.282. The molecule has 1 N–H and O–H groups in total. The van der Waals surface area contributed by atoms with E-state index in [1.165, 1.54) is 0 Å². The van der Waals surface area contributed by atoms with Crippen LogP contribution < -0.4 is 10.3 Å². The Morgan fingerprint density at radius 3 is 2.68 bits per heavy atom. The lowest BCUT2D eigenvalue weighted by molar-refractivity contribution is -0.151. The van der Waals surface area contributed by atoms with E-state index in [1.54, 1.807) is 43.3 Å². The van der Waals surface area contributed by atoms with Gasteiger partial charge in [0.25, 0.3) is 5.56 Å². The molecule has 0 amide bonds. The number of carbonyl (C=O) groups is 1. The lowest BCUT2D eigenvalue weighted by Crippen LogP contribution is -2.20. The summed E-state index contributed by atoms with van der Waals surface area (Å²) in [6.45, 7) is 1.41. The molecule has 2 aromatic carbocycles. The van der Waals surface area contributed by atoms with Crippen molar-refractivity contribution in [1.82, 2.24) is 9.97 Å². The standard InChI is InChI=1S/C18H15BrN2O4/c1-11(17-20-15-5-3-2-4-14(15)18(23)21-17)25-16(22)10-24-13-8-6-12(19)7-9-13/h2-9,11H,10H2,1H3,(H,20,21,23)/t11-/m0/s1. The number of ether oxygens (including phenoxy) is 2. The van der Waals surface area contributed by atoms with Gasteiger partial charge in [-0.2, -0.15) is 0 Å². The van der Waals surface area contributed by atoms with Crippen molar-refractivity contribution in [1.29, 1.82) is 0 Å². The Morgan fingerprint density at radius 2 is 1.92 bits per heavy atom. The van der Waals surface area contributed by atoms with Crippen molar-refractivity contribution in [2.75, 3.05) is 6.61 Å². The first-order valence-electron chi connectivity index (χ1n) is 7.60. The second kappa shape index (κ2) is 7.48. The molecule has 0 unspecified atom stereocenters. The summed E-state index contributed by atoms with van der Waals surface area (Å²) in [4.78, 5) is 31.0. The molecule has 1 heterocycles. The summed E-state index contributed by atoms with van der Waals surface area (Å²) in [5.74, 6) is 0.303. The average molecular weight is 403 g/mol. The highest BCUT2D eigenvalue weighted by molar-refractivity contribution is 9.10. The smallest absolute Gasteiger partial charge is 0.344 e. The van der Waals surface area contributed by atoms with E-state index in [0.29, 0.717) is 22.5 Å². The minimum absolute atomic E-state index is 0.232. The third-order valence-electron chi connectivity index (χ3n) is 3.49. The van der Waals surface area contributed by atoms with E-state index in [9.17, 15) is 9.59 Å². The molecule has 6 nitrogen and oxygen atoms in total. The Morgan fingerprint density at radius 1 is 1.20 bits per heavy atom. The fourth-order valence-corrected chi connectivity index (χ4v) is 2.52. The van der Waals surface area contributed by atoms with Crippen LogP contribution in [0.25, 0.3) is 10.9 Å². The first-order chi connectivity index (χ1) is 12.0. The van der Waals surface area contributed by atoms with Crippen molar-refractivity contribution < 1.29 is 14.3 Å². The number of halogens is 1. The monoisotopic (exact) mass is 402 g/mol. The number of hydrogen-bond acceptors (Lipinski definition) is 5. The fourth-order valence-electron chi connectivity index (χ4n) is 2.26. The van der Waals surface area contributed by atoms with Crippen molar-refractivity contribution in [3.8, 4) is 5.75 Å². The van der Waals surface area contributed by atoms with E-state index in [1.807, 2.05) is 12.1 Å². The summed E-state index contributed by atoms with van der Waals surface area (Å²) in [6, 6.07) is 14.1. The molecule has 3 rings (SSSR count). The molecule has 0 aliphatic rings. The fraction of sp³-hybridized carbons (Fsp3) is 0.167. The van der Waals surface area contributed by atoms with Gasteiger partial charge in [0, 0.05) is 4.47 Å². The predicted molar refractivity (Wildman–Crippen MR) is 96.5 cm³/mol. The van der Waals surface area contributed by atoms with Gasteiger partial charge in [-0.3, -0.25) is 4.79 Å². The van der Waals surface area contributed by atoms with E-state index >= 15 is 0 Å². The van der Waals surface area contributed by atoms with Gasteiger partial charge in [0.15, 0.2) is 18.5 Å². The van der Waals surface area contributed by atoms with Gasteiger partial charge in [-0.05, 0) is 43.3 Å². The number of benzene rings is 2. The van der Waals surface area contributed by atoms with Gasteiger partial charge in [0.2, 0.25) is 0 Å². The first-order valence-corrected chi connectivity index (χ1v) is 8.39. The predicted octanol–water partition coefficient (Wildman–Crippen LogP) is 3.37. The first kappa shape index (κ1) is 17.2. The molecule has 0 fully saturated rings. The molecular formula is C18H15BrN2O4. The lowest BCUT2D eigenvalue weighted by Gasteiger charge is -2.13. The number of nitrogens with zero attached hydrogens (tertiary/aromatic N) is 1. The Bertz CT molecular complexity index is 953. The summed E-state index contributed by atoms with van der Waals surface area (Å²) in [7, 11) is 0. The maximum atomic E-state index is 12.1. The molecule has 0 spiro atoms. The van der Waals surface area contributed by atoms with Crippen LogP contribution >= 0.6 is 15.9 Å². The van der Waals surface area contributed by atoms with Crippen LogP contribution in [0.15, 0.2) is 57.8 Å². The van der Waals surface area contributed by atoms with E-state index < -0.39 is 12.1 Å². The van der Waals surface area contributed by atoms with Gasteiger partial charge < -0.3 is 14.5 Å². The van der Waals surface area contributed by atoms with Crippen molar-refractivity contribution in [3.63, 3.8) is 0 Å². The third kappa shape index (κ3) is 4.24. The minimum Gasteiger partial charge on any atom is -0.482 e. The Kier molecular flexibility index (Phi) is 5.14. The van der Waals surface area contributed by atoms with Crippen LogP contribution in [-0.4, -0.2) is 22.5 Å². The van der Waals surface area contributed by atoms with Crippen LogP contribution in [0.3, 0.4) is 0 Å². The topological polar surface area (TPSA) is 81.3 Å². The number of para-hydroxylation sites is 1. The van der Waals surface area contributed by atoms with E-state index in [2.05, 4.69) is 25.9 Å². The zero-order valence-electron chi connectivity index (χ0n) is 13.4. The van der Waals surface area contributed by atoms with Gasteiger partial charge in [0.1, 0.15) is 5.75 Å². The second-order valence-corrected chi connectivity index (χ2v) is 6.26. The van der Waals surface area contributed by atoms with Crippen LogP contribution in [0.2, 0.25) is 0 Å². The van der Waals surface area contributed by atoms with Crippen molar-refractivity contribution >= 4 is 32.8 Å². The number of aromatic nitrogens is 2. The van der Waals surface area contributed by atoms with Gasteiger partial charge in [-0.1, -0.05) is 28.1 Å². The summed E-state index contributed by atoms with van der Waals surface area (Å²) < 4.78 is 11.6. The van der Waals surface area contributed by atoms with Gasteiger partial charge in [-0.25, -0.2) is 9.78 Å². The maximum Gasteiger partial charge on any atom is 0.344 e. The van der Waals surface area contributed by atoms with E-state index in [4.69, 9.17) is 9.47 Å². The Labute approximate surface area is 151 Å². The number of esters is 1. The normalized spacial score (nSPS) is 11.9. The van der Waals surface area contributed by atoms with Crippen LogP contribution in [0.5, 0.6) is 5.75 Å². The summed E-state index contributed by atoms with van der Waals surface area (Å²) in [5, 5.41) is 0.489. The number of aromatic amines is 1. The van der Waals surface area contributed by atoms with Crippen molar-refractivity contribution in [3.05, 3.63) is 69.2 Å². The molecule has 0 radical (unpaired) electrons. The molecule has 1 aromatic heterocycles. The molecule has 0 bridgehead atoms. The molecule has 0 saturated carbocycles. The molecule has 7 heteroatoms. The number of H-pyrrole nitrogens is 1. The highest BCUT2D eigenvalue weighted by atomic mass is 79.9. The highest BCUT2D eigenvalue weighted by Crippen LogP contribution is 2.17. The van der Waals surface area contributed by atoms with Crippen molar-refractivity contribution in [2.45, 2.75) is 13.0 Å². The molecule has 0 saturated heterocycles. The number of nitrogens with one attached hydrogen (secondary N) is 1. The maximum absolute atomic E-state index is 12.1. The minimum atomic E-state index is -0.696. The third-order valence-corrected chi connectivity index (χ3v) is 4.02. The van der Waals surface area contributed by atoms with Crippen LogP contribution in [0, 0.1) is 0 Å². The van der Waals surface area contributed by atoms with E-state index in [-0.39, 0.29) is 12.2 Å². The summed E-state index contributed by atoms with van der Waals surface area (Å²) >= 11 is 3.32. The number of fused-ring (bicyclic) bond motifs is 1. The Balaban J connectivity index is 1.65. The zero-order valence-corrected chi connectivity index (χ0v) is 14.9. The Hall–Kier alpha value is -2.67. The van der Waals surface area contributed by atoms with E-state index in [0.717, 1.165) is 4.47 Å². The average Bonchev–Trinajstić information content (AvgIpc) is 2.61. The molecule has 0 aliphatic heterocycles. The number of rotatable bonds is 5. The van der Waals surface area contributed by atoms with Crippen LogP contribution in [0.1, 0.15) is 18.9 Å². The largest absolute Gasteiger partial charge is 0.482 e. The van der Waals surface area contributed by atoms with Gasteiger partial charge >= 0.3 is 5.97 Å².